The van der Waals surface area contributed by atoms with Gasteiger partial charge in [-0.1, -0.05) is 88.9 Å². The van der Waals surface area contributed by atoms with Crippen LogP contribution in [0.3, 0.4) is 0 Å². The van der Waals surface area contributed by atoms with E-state index in [1.807, 2.05) is 50.2 Å². The fourth-order valence-electron chi connectivity index (χ4n) is 3.76. The summed E-state index contributed by atoms with van der Waals surface area (Å²) < 4.78 is 0. The smallest absolute Gasteiger partial charge is 0.243 e. The number of halogens is 4. The van der Waals surface area contributed by atoms with Crippen LogP contribution in [-0.2, 0) is 28.3 Å². The molecule has 196 valence electrons. The second-order valence-corrected chi connectivity index (χ2v) is 11.4. The summed E-state index contributed by atoms with van der Waals surface area (Å²) in [5, 5.41) is 4.90. The molecule has 2 amide bonds. The molecule has 0 spiro atoms. The number of carbonyl (C=O) groups excluding carboxylic acids is 2. The van der Waals surface area contributed by atoms with Crippen molar-refractivity contribution in [2.45, 2.75) is 44.6 Å². The molecule has 0 saturated carbocycles. The Hall–Kier alpha value is -1.89. The minimum atomic E-state index is -0.726. The summed E-state index contributed by atoms with van der Waals surface area (Å²) in [5.74, 6) is 0.209. The van der Waals surface area contributed by atoms with Gasteiger partial charge in [0.15, 0.2) is 0 Å². The zero-order valence-electron chi connectivity index (χ0n) is 20.5. The van der Waals surface area contributed by atoms with E-state index in [1.165, 1.54) is 11.8 Å². The molecule has 0 aliphatic heterocycles. The van der Waals surface area contributed by atoms with E-state index in [4.69, 9.17) is 46.4 Å². The lowest BCUT2D eigenvalue weighted by Gasteiger charge is -2.32. The molecule has 3 rings (SSSR count). The molecule has 0 unspecified atom stereocenters. The minimum Gasteiger partial charge on any atom is -0.352 e. The maximum Gasteiger partial charge on any atom is 0.243 e. The van der Waals surface area contributed by atoms with Crippen LogP contribution in [0.15, 0.2) is 66.7 Å². The highest BCUT2D eigenvalue weighted by Gasteiger charge is 2.30. The lowest BCUT2D eigenvalue weighted by atomic mass is 10.0. The topological polar surface area (TPSA) is 49.4 Å². The third-order valence-electron chi connectivity index (χ3n) is 5.57. The quantitative estimate of drug-likeness (QED) is 0.246. The summed E-state index contributed by atoms with van der Waals surface area (Å²) >= 11 is 26.4. The molecule has 0 radical (unpaired) electrons. The monoisotopic (exact) mass is 596 g/mol. The van der Waals surface area contributed by atoms with Crippen LogP contribution >= 0.6 is 58.2 Å². The van der Waals surface area contributed by atoms with Crippen molar-refractivity contribution in [1.29, 1.82) is 0 Å². The van der Waals surface area contributed by atoms with Gasteiger partial charge in [0.25, 0.3) is 0 Å². The second kappa shape index (κ2) is 14.3. The van der Waals surface area contributed by atoms with Crippen LogP contribution < -0.4 is 5.32 Å². The second-order valence-electron chi connectivity index (χ2n) is 8.83. The first-order valence-electron chi connectivity index (χ1n) is 11.7. The Morgan fingerprint density at radius 3 is 2.14 bits per heavy atom. The van der Waals surface area contributed by atoms with Gasteiger partial charge in [-0.15, -0.1) is 11.8 Å². The van der Waals surface area contributed by atoms with Crippen molar-refractivity contribution in [3.05, 3.63) is 104 Å². The molecule has 4 nitrogen and oxygen atoms in total. The molecule has 0 aromatic heterocycles. The maximum absolute atomic E-state index is 13.7. The predicted octanol–water partition coefficient (Wildman–Crippen LogP) is 7.70. The van der Waals surface area contributed by atoms with Crippen LogP contribution in [-0.4, -0.2) is 34.6 Å². The molecule has 1 atom stereocenters. The summed E-state index contributed by atoms with van der Waals surface area (Å²) in [7, 11) is 0. The van der Waals surface area contributed by atoms with Crippen molar-refractivity contribution < 1.29 is 9.59 Å². The van der Waals surface area contributed by atoms with Gasteiger partial charge in [0, 0.05) is 34.8 Å². The van der Waals surface area contributed by atoms with Gasteiger partial charge in [-0.05, 0) is 54.8 Å². The van der Waals surface area contributed by atoms with E-state index in [-0.39, 0.29) is 30.2 Å². The maximum atomic E-state index is 13.7. The molecular formula is C28H28Cl4N2O2S. The fraction of sp³-hybridized carbons (Fsp3) is 0.286. The summed E-state index contributed by atoms with van der Waals surface area (Å²) in [4.78, 5) is 28.7. The van der Waals surface area contributed by atoms with Crippen LogP contribution in [0.5, 0.6) is 0 Å². The molecule has 3 aromatic rings. The van der Waals surface area contributed by atoms with Gasteiger partial charge in [0.05, 0.1) is 15.8 Å². The van der Waals surface area contributed by atoms with E-state index < -0.39 is 6.04 Å². The van der Waals surface area contributed by atoms with E-state index in [1.54, 1.807) is 35.2 Å². The van der Waals surface area contributed by atoms with Crippen molar-refractivity contribution in [2.75, 3.05) is 5.75 Å². The number of hydrogen-bond donors (Lipinski definition) is 1. The number of amides is 2. The van der Waals surface area contributed by atoms with E-state index in [0.29, 0.717) is 32.3 Å². The molecule has 0 fully saturated rings. The van der Waals surface area contributed by atoms with E-state index >= 15 is 0 Å². The molecule has 0 saturated heterocycles. The summed E-state index contributed by atoms with van der Waals surface area (Å²) in [6.07, 6.45) is 0.369. The van der Waals surface area contributed by atoms with Crippen molar-refractivity contribution >= 4 is 70.0 Å². The molecule has 0 bridgehead atoms. The van der Waals surface area contributed by atoms with E-state index in [9.17, 15) is 9.59 Å². The highest BCUT2D eigenvalue weighted by Crippen LogP contribution is 2.29. The number of benzene rings is 3. The van der Waals surface area contributed by atoms with Crippen molar-refractivity contribution in [3.63, 3.8) is 0 Å². The first kappa shape index (κ1) is 29.7. The highest BCUT2D eigenvalue weighted by molar-refractivity contribution is 7.99. The van der Waals surface area contributed by atoms with Gasteiger partial charge in [-0.25, -0.2) is 0 Å². The van der Waals surface area contributed by atoms with Crippen LogP contribution in [0.4, 0.5) is 0 Å². The van der Waals surface area contributed by atoms with Crippen LogP contribution in [0.1, 0.15) is 30.5 Å². The zero-order valence-corrected chi connectivity index (χ0v) is 24.4. The third-order valence-corrected chi connectivity index (χ3v) is 7.96. The van der Waals surface area contributed by atoms with Gasteiger partial charge >= 0.3 is 0 Å². The summed E-state index contributed by atoms with van der Waals surface area (Å²) in [6, 6.07) is 19.4. The molecule has 9 heteroatoms. The number of nitrogens with one attached hydrogen (secondary N) is 1. The number of thioether (sulfide) groups is 1. The molecule has 3 aromatic carbocycles. The average Bonchev–Trinajstić information content (AvgIpc) is 2.85. The lowest BCUT2D eigenvalue weighted by Crippen LogP contribution is -2.52. The predicted molar refractivity (Wildman–Crippen MR) is 157 cm³/mol. The van der Waals surface area contributed by atoms with Gasteiger partial charge in [-0.2, -0.15) is 0 Å². The standard InChI is InChI=1S/C28H28Cl4N2O2S/c1-18(2)33-28(36)26(14-19-7-4-3-5-8-19)34(15-20-11-12-24(31)25(32)13-20)27(35)17-37-16-21-22(29)9-6-10-23(21)30/h3-13,18,26H,14-17H2,1-2H3,(H,33,36)/t26-/m0/s1. The Morgan fingerprint density at radius 2 is 1.51 bits per heavy atom. The Kier molecular flexibility index (Phi) is 11.5. The summed E-state index contributed by atoms with van der Waals surface area (Å²) in [6.45, 7) is 3.99. The Morgan fingerprint density at radius 1 is 0.838 bits per heavy atom. The SMILES string of the molecule is CC(C)NC(=O)[C@H](Cc1ccccc1)N(Cc1ccc(Cl)c(Cl)c1)C(=O)CSCc1c(Cl)cccc1Cl. The van der Waals surface area contributed by atoms with Crippen LogP contribution in [0.2, 0.25) is 20.1 Å². The fourth-order valence-corrected chi connectivity index (χ4v) is 5.73. The van der Waals surface area contributed by atoms with E-state index in [0.717, 1.165) is 16.7 Å². The largest absolute Gasteiger partial charge is 0.352 e. The van der Waals surface area contributed by atoms with Crippen LogP contribution in [0, 0.1) is 0 Å². The van der Waals surface area contributed by atoms with Crippen molar-refractivity contribution in [2.24, 2.45) is 0 Å². The Labute approximate surface area is 242 Å². The molecule has 0 aliphatic carbocycles. The molecule has 0 aliphatic rings. The van der Waals surface area contributed by atoms with Gasteiger partial charge in [0.1, 0.15) is 6.04 Å². The molecule has 37 heavy (non-hydrogen) atoms. The molecular weight excluding hydrogens is 570 g/mol. The van der Waals surface area contributed by atoms with Gasteiger partial charge in [0.2, 0.25) is 11.8 Å². The van der Waals surface area contributed by atoms with Gasteiger partial charge in [-0.3, -0.25) is 9.59 Å². The zero-order chi connectivity index (χ0) is 26.9. The Bertz CT molecular complexity index is 1200. The number of hydrogen-bond acceptors (Lipinski definition) is 3. The normalized spacial score (nSPS) is 11.9. The van der Waals surface area contributed by atoms with Crippen LogP contribution in [0.25, 0.3) is 0 Å². The Balaban J connectivity index is 1.89. The van der Waals surface area contributed by atoms with Crippen molar-refractivity contribution in [1.82, 2.24) is 10.2 Å². The van der Waals surface area contributed by atoms with Crippen molar-refractivity contribution in [3.8, 4) is 0 Å². The number of rotatable bonds is 11. The van der Waals surface area contributed by atoms with Gasteiger partial charge < -0.3 is 10.2 Å². The number of nitrogens with zero attached hydrogens (tertiary/aromatic N) is 1. The third kappa shape index (κ3) is 8.83. The average molecular weight is 598 g/mol. The van der Waals surface area contributed by atoms with E-state index in [2.05, 4.69) is 5.32 Å². The number of carbonyl (C=O) groups is 2. The lowest BCUT2D eigenvalue weighted by molar-refractivity contribution is -0.139. The summed E-state index contributed by atoms with van der Waals surface area (Å²) in [5.41, 5.74) is 2.50. The molecule has 0 heterocycles. The first-order valence-corrected chi connectivity index (χ1v) is 14.4. The first-order chi connectivity index (χ1) is 17.7. The highest BCUT2D eigenvalue weighted by atomic mass is 35.5. The molecule has 1 N–H and O–H groups in total. The minimum absolute atomic E-state index is 0.0792.